The zero-order valence-corrected chi connectivity index (χ0v) is 25.7. The number of nitrogens with zero attached hydrogens (tertiary/aromatic N) is 4. The van der Waals surface area contributed by atoms with Crippen LogP contribution in [0.3, 0.4) is 0 Å². The maximum Gasteiger partial charge on any atom is 0.500 e. The predicted octanol–water partition coefficient (Wildman–Crippen LogP) is 3.05. The third-order valence-corrected chi connectivity index (χ3v) is 16.6. The van der Waals surface area contributed by atoms with Gasteiger partial charge in [-0.05, 0) is 31.7 Å². The lowest BCUT2D eigenvalue weighted by molar-refractivity contribution is 0.122. The van der Waals surface area contributed by atoms with Crippen LogP contribution in [0.25, 0.3) is 0 Å². The molecule has 0 bridgehead atoms. The molecular weight excluding hydrogens is 484 g/mol. The molecule has 0 unspecified atom stereocenters. The minimum Gasteiger partial charge on any atom is -0.377 e. The van der Waals surface area contributed by atoms with E-state index in [1.165, 1.54) is 90.5 Å². The van der Waals surface area contributed by atoms with Gasteiger partial charge in [0.15, 0.2) is 0 Å². The zero-order valence-electron chi connectivity index (χ0n) is 23.7. The summed E-state index contributed by atoms with van der Waals surface area (Å²) >= 11 is 0. The molecule has 2 heterocycles. The largest absolute Gasteiger partial charge is 0.500 e. The van der Waals surface area contributed by atoms with E-state index in [0.717, 1.165) is 12.5 Å². The minimum absolute atomic E-state index is 0.910. The van der Waals surface area contributed by atoms with Gasteiger partial charge in [0.05, 0.1) is 0 Å². The van der Waals surface area contributed by atoms with Crippen molar-refractivity contribution in [2.75, 3.05) is 87.8 Å². The Bertz CT molecular complexity index is 695. The quantitative estimate of drug-likeness (QED) is 0.252. The number of unbranched alkanes of at least 4 members (excludes halogenated alkanes) is 5. The summed E-state index contributed by atoms with van der Waals surface area (Å²) in [6.45, 7) is 9.55. The van der Waals surface area contributed by atoms with E-state index in [4.69, 9.17) is 13.3 Å². The molecule has 7 nitrogen and oxygen atoms in total. The number of benzene rings is 1. The molecule has 2 aliphatic rings. The smallest absolute Gasteiger partial charge is 0.377 e. The van der Waals surface area contributed by atoms with Crippen LogP contribution < -0.4 is 5.19 Å². The Morgan fingerprint density at radius 3 is 1.44 bits per heavy atom. The van der Waals surface area contributed by atoms with E-state index in [-0.39, 0.29) is 0 Å². The highest BCUT2D eigenvalue weighted by Crippen LogP contribution is 2.27. The molecule has 0 amide bonds. The fourth-order valence-corrected chi connectivity index (χ4v) is 13.3. The maximum absolute atomic E-state index is 5.57. The molecule has 2 saturated heterocycles. The molecule has 0 aliphatic carbocycles. The van der Waals surface area contributed by atoms with Gasteiger partial charge in [-0.15, -0.1) is 0 Å². The van der Waals surface area contributed by atoms with Gasteiger partial charge >= 0.3 is 8.80 Å². The lowest BCUT2D eigenvalue weighted by atomic mass is 10.1. The number of rotatable bonds is 15. The zero-order chi connectivity index (χ0) is 25.9. The van der Waals surface area contributed by atoms with Gasteiger partial charge in [-0.25, -0.2) is 0 Å². The van der Waals surface area contributed by atoms with Crippen LogP contribution in [-0.2, 0) is 13.3 Å². The first-order chi connectivity index (χ1) is 17.5. The predicted molar refractivity (Wildman–Crippen MR) is 154 cm³/mol. The van der Waals surface area contributed by atoms with Gasteiger partial charge in [-0.3, -0.25) is 0 Å². The summed E-state index contributed by atoms with van der Waals surface area (Å²) in [5.41, 5.74) is 0. The van der Waals surface area contributed by atoms with Crippen molar-refractivity contribution in [2.24, 2.45) is 0 Å². The summed E-state index contributed by atoms with van der Waals surface area (Å²) in [6, 6.07) is 13.9. The second kappa shape index (κ2) is 15.1. The van der Waals surface area contributed by atoms with Gasteiger partial charge in [0.1, 0.15) is 0 Å². The molecule has 1 aromatic carbocycles. The van der Waals surface area contributed by atoms with E-state index in [9.17, 15) is 0 Å². The third kappa shape index (κ3) is 7.71. The van der Waals surface area contributed by atoms with Crippen molar-refractivity contribution in [3.63, 3.8) is 0 Å². The Labute approximate surface area is 223 Å². The average molecular weight is 537 g/mol. The van der Waals surface area contributed by atoms with E-state index in [0.29, 0.717) is 0 Å². The van der Waals surface area contributed by atoms with Gasteiger partial charge in [0.2, 0.25) is 8.40 Å². The molecule has 0 radical (unpaired) electrons. The van der Waals surface area contributed by atoms with Gasteiger partial charge in [0, 0.05) is 79.7 Å². The van der Waals surface area contributed by atoms with E-state index in [2.05, 4.69) is 63.4 Å². The van der Waals surface area contributed by atoms with Crippen molar-refractivity contribution in [1.29, 1.82) is 0 Å². The number of hydrogen-bond donors (Lipinski definition) is 0. The van der Waals surface area contributed by atoms with Crippen molar-refractivity contribution in [2.45, 2.75) is 50.6 Å². The number of hydrogen-bond acceptors (Lipinski definition) is 7. The summed E-state index contributed by atoms with van der Waals surface area (Å²) in [5.74, 6) is 0. The van der Waals surface area contributed by atoms with E-state index in [1.807, 2.05) is 0 Å². The second-order valence-corrected chi connectivity index (χ2v) is 17.7. The molecule has 1 aromatic rings. The Hall–Kier alpha value is -0.626. The van der Waals surface area contributed by atoms with Crippen molar-refractivity contribution < 1.29 is 13.3 Å². The van der Waals surface area contributed by atoms with Crippen LogP contribution >= 0.6 is 0 Å². The van der Waals surface area contributed by atoms with Crippen molar-refractivity contribution in [3.05, 3.63) is 30.3 Å². The maximum atomic E-state index is 5.57. The number of likely N-dealkylation sites (N-methyl/N-ethyl adjacent to an activating group) is 2. The molecule has 36 heavy (non-hydrogen) atoms. The molecule has 2 fully saturated rings. The van der Waals surface area contributed by atoms with Crippen molar-refractivity contribution in [3.8, 4) is 0 Å². The molecule has 0 atom stereocenters. The molecule has 0 saturated carbocycles. The van der Waals surface area contributed by atoms with Crippen LogP contribution in [0.15, 0.2) is 30.3 Å². The molecule has 0 N–H and O–H groups in total. The first kappa shape index (κ1) is 29.9. The molecule has 0 spiro atoms. The van der Waals surface area contributed by atoms with Crippen LogP contribution in [0.4, 0.5) is 0 Å². The van der Waals surface area contributed by atoms with E-state index < -0.39 is 17.2 Å². The standard InChI is InChI=1S/C27H52N4O3Si2/c1-28-17-21-30(22-18-28)35(27-15-11-10-12-16-27,31-23-19-29(2)20-24-31)25-13-8-6-7-9-14-26-36(32-3,33-4)34-5/h10-12,15-16H,6-9,13-14,17-26H2,1-5H3. The first-order valence-corrected chi connectivity index (χ1v) is 18.1. The summed E-state index contributed by atoms with van der Waals surface area (Å²) in [4.78, 5) is 5.00. The molecule has 3 rings (SSSR count). The Balaban J connectivity index is 1.62. The van der Waals surface area contributed by atoms with Crippen LogP contribution in [-0.4, -0.2) is 124 Å². The van der Waals surface area contributed by atoms with Gasteiger partial charge in [-0.1, -0.05) is 62.4 Å². The third-order valence-electron chi connectivity index (χ3n) is 8.48. The SMILES string of the molecule is CO[Si](CCCCCCCC[Si](c1ccccc1)(N1CCN(C)CC1)N1CCN(C)CC1)(OC)OC. The Morgan fingerprint density at radius 1 is 0.583 bits per heavy atom. The van der Waals surface area contributed by atoms with Crippen molar-refractivity contribution in [1.82, 2.24) is 18.9 Å². The van der Waals surface area contributed by atoms with Crippen molar-refractivity contribution >= 4 is 22.4 Å². The van der Waals surface area contributed by atoms with Gasteiger partial charge < -0.3 is 32.2 Å². The fourth-order valence-electron chi connectivity index (χ4n) is 6.06. The molecule has 9 heteroatoms. The molecule has 2 aliphatic heterocycles. The van der Waals surface area contributed by atoms with Gasteiger partial charge in [0.25, 0.3) is 0 Å². The fraction of sp³-hybridized carbons (Fsp3) is 0.778. The molecule has 206 valence electrons. The van der Waals surface area contributed by atoms with Crippen LogP contribution in [0.5, 0.6) is 0 Å². The van der Waals surface area contributed by atoms with Crippen LogP contribution in [0.2, 0.25) is 12.1 Å². The summed E-state index contributed by atoms with van der Waals surface area (Å²) in [5, 5.41) is 1.62. The molecular formula is C27H52N4O3Si2. The summed E-state index contributed by atoms with van der Waals surface area (Å²) < 4.78 is 22.6. The van der Waals surface area contributed by atoms with Crippen LogP contribution in [0, 0.1) is 0 Å². The highest BCUT2D eigenvalue weighted by molar-refractivity contribution is 6.87. The lowest BCUT2D eigenvalue weighted by Crippen LogP contribution is -2.76. The average Bonchev–Trinajstić information content (AvgIpc) is 2.92. The lowest BCUT2D eigenvalue weighted by Gasteiger charge is -2.53. The monoisotopic (exact) mass is 536 g/mol. The summed E-state index contributed by atoms with van der Waals surface area (Å²) in [7, 11) is 5.29. The number of piperazine rings is 2. The van der Waals surface area contributed by atoms with Gasteiger partial charge in [-0.2, -0.15) is 0 Å². The van der Waals surface area contributed by atoms with Crippen LogP contribution in [0.1, 0.15) is 38.5 Å². The second-order valence-electron chi connectivity index (χ2n) is 10.7. The Morgan fingerprint density at radius 2 is 1.00 bits per heavy atom. The normalized spacial score (nSPS) is 19.7. The highest BCUT2D eigenvalue weighted by atomic mass is 28.4. The van der Waals surface area contributed by atoms with E-state index >= 15 is 0 Å². The highest BCUT2D eigenvalue weighted by Gasteiger charge is 2.48. The van der Waals surface area contributed by atoms with E-state index in [1.54, 1.807) is 26.5 Å². The summed E-state index contributed by atoms with van der Waals surface area (Å²) in [6.07, 6.45) is 7.59. The topological polar surface area (TPSA) is 40.7 Å². The minimum atomic E-state index is -2.42. The first-order valence-electron chi connectivity index (χ1n) is 14.1. The molecule has 0 aromatic heterocycles. The Kier molecular flexibility index (Phi) is 12.5.